The van der Waals surface area contributed by atoms with E-state index in [0.29, 0.717) is 23.4 Å². The Labute approximate surface area is 155 Å². The number of nitro benzene ring substituents is 1. The molecule has 1 amide bonds. The second-order valence-corrected chi connectivity index (χ2v) is 5.92. The van der Waals surface area contributed by atoms with Crippen LogP contribution in [0, 0.1) is 15.9 Å². The fourth-order valence-corrected chi connectivity index (χ4v) is 2.69. The van der Waals surface area contributed by atoms with E-state index < -0.39 is 4.92 Å². The summed E-state index contributed by atoms with van der Waals surface area (Å²) in [6, 6.07) is 15.2. The molecule has 0 radical (unpaired) electrons. The first-order valence-corrected chi connectivity index (χ1v) is 8.36. The molecule has 138 valence electrons. The molecule has 3 rings (SSSR count). The summed E-state index contributed by atoms with van der Waals surface area (Å²) in [7, 11) is 0. The molecule has 6 nitrogen and oxygen atoms in total. The van der Waals surface area contributed by atoms with Gasteiger partial charge in [0.05, 0.1) is 4.92 Å². The van der Waals surface area contributed by atoms with Crippen LogP contribution in [0.1, 0.15) is 23.0 Å². The first kappa shape index (κ1) is 18.3. The van der Waals surface area contributed by atoms with Gasteiger partial charge < -0.3 is 9.32 Å². The molecule has 0 saturated carbocycles. The van der Waals surface area contributed by atoms with Crippen molar-refractivity contribution < 1.29 is 18.5 Å². The van der Waals surface area contributed by atoms with Crippen molar-refractivity contribution in [3.63, 3.8) is 0 Å². The van der Waals surface area contributed by atoms with Crippen LogP contribution in [-0.2, 0) is 6.54 Å². The van der Waals surface area contributed by atoms with E-state index in [4.69, 9.17) is 4.42 Å². The van der Waals surface area contributed by atoms with Crippen molar-refractivity contribution >= 4 is 11.6 Å². The molecular formula is C20H17FN2O4. The Hall–Kier alpha value is -3.48. The molecule has 3 aromatic rings. The number of hydrogen-bond donors (Lipinski definition) is 0. The van der Waals surface area contributed by atoms with Crippen LogP contribution >= 0.6 is 0 Å². The maximum absolute atomic E-state index is 13.4. The average Bonchev–Trinajstić information content (AvgIpc) is 3.16. The van der Waals surface area contributed by atoms with E-state index >= 15 is 0 Å². The Morgan fingerprint density at radius 1 is 1.15 bits per heavy atom. The van der Waals surface area contributed by atoms with Crippen LogP contribution < -0.4 is 0 Å². The van der Waals surface area contributed by atoms with Gasteiger partial charge in [-0.05, 0) is 48.9 Å². The molecule has 27 heavy (non-hydrogen) atoms. The van der Waals surface area contributed by atoms with Crippen LogP contribution in [0.3, 0.4) is 0 Å². The molecule has 0 unspecified atom stereocenters. The Morgan fingerprint density at radius 2 is 1.89 bits per heavy atom. The zero-order valence-corrected chi connectivity index (χ0v) is 14.6. The lowest BCUT2D eigenvalue weighted by molar-refractivity contribution is -0.384. The molecule has 0 bridgehead atoms. The van der Waals surface area contributed by atoms with E-state index in [0.717, 1.165) is 0 Å². The minimum atomic E-state index is -0.480. The first-order chi connectivity index (χ1) is 13.0. The van der Waals surface area contributed by atoms with Crippen LogP contribution in [0.4, 0.5) is 10.1 Å². The summed E-state index contributed by atoms with van der Waals surface area (Å²) in [5.41, 5.74) is 1.30. The van der Waals surface area contributed by atoms with Crippen LogP contribution in [0.2, 0.25) is 0 Å². The van der Waals surface area contributed by atoms with E-state index in [-0.39, 0.29) is 29.7 Å². The molecule has 0 atom stereocenters. The molecule has 1 heterocycles. The number of nitrogens with zero attached hydrogens (tertiary/aromatic N) is 2. The van der Waals surface area contributed by atoms with Crippen LogP contribution in [0.25, 0.3) is 11.3 Å². The number of amides is 1. The number of furan rings is 1. The first-order valence-electron chi connectivity index (χ1n) is 8.36. The van der Waals surface area contributed by atoms with Gasteiger partial charge in [0.25, 0.3) is 11.6 Å². The fourth-order valence-electron chi connectivity index (χ4n) is 2.69. The smallest absolute Gasteiger partial charge is 0.289 e. The van der Waals surface area contributed by atoms with Crippen LogP contribution in [-0.4, -0.2) is 22.3 Å². The zero-order valence-electron chi connectivity index (χ0n) is 14.6. The SMILES string of the molecule is CCN(Cc1cccc(F)c1)C(=O)c1ccc(-c2ccc([N+](=O)[O-])cc2)o1. The van der Waals surface area contributed by atoms with E-state index in [1.54, 1.807) is 41.3 Å². The van der Waals surface area contributed by atoms with Crippen molar-refractivity contribution in [3.05, 3.63) is 87.9 Å². The summed E-state index contributed by atoms with van der Waals surface area (Å²) >= 11 is 0. The number of nitro groups is 1. The van der Waals surface area contributed by atoms with Crippen molar-refractivity contribution in [2.45, 2.75) is 13.5 Å². The normalized spacial score (nSPS) is 10.6. The molecule has 7 heteroatoms. The maximum Gasteiger partial charge on any atom is 0.289 e. The summed E-state index contributed by atoms with van der Waals surface area (Å²) in [4.78, 5) is 24.5. The molecule has 0 aliphatic rings. The Kier molecular flexibility index (Phi) is 5.30. The maximum atomic E-state index is 13.4. The Bertz CT molecular complexity index is 966. The summed E-state index contributed by atoms with van der Waals surface area (Å²) < 4.78 is 19.0. The van der Waals surface area contributed by atoms with Gasteiger partial charge in [-0.3, -0.25) is 14.9 Å². The number of non-ortho nitro benzene ring substituents is 1. The minimum absolute atomic E-state index is 0.0196. The third kappa shape index (κ3) is 4.20. The third-order valence-corrected chi connectivity index (χ3v) is 4.11. The van der Waals surface area contributed by atoms with E-state index in [1.807, 2.05) is 6.92 Å². The van der Waals surface area contributed by atoms with Gasteiger partial charge in [-0.2, -0.15) is 0 Å². The molecule has 2 aromatic carbocycles. The molecule has 0 fully saturated rings. The number of carbonyl (C=O) groups excluding carboxylic acids is 1. The second kappa shape index (κ2) is 7.82. The molecular weight excluding hydrogens is 351 g/mol. The van der Waals surface area contributed by atoms with Gasteiger partial charge in [0, 0.05) is 30.8 Å². The van der Waals surface area contributed by atoms with Crippen LogP contribution in [0.5, 0.6) is 0 Å². The van der Waals surface area contributed by atoms with E-state index in [9.17, 15) is 19.3 Å². The highest BCUT2D eigenvalue weighted by Crippen LogP contribution is 2.25. The molecule has 1 aromatic heterocycles. The summed E-state index contributed by atoms with van der Waals surface area (Å²) in [5.74, 6) is -0.0685. The number of carbonyl (C=O) groups is 1. The largest absolute Gasteiger partial charge is 0.451 e. The monoisotopic (exact) mass is 368 g/mol. The number of halogens is 1. The van der Waals surface area contributed by atoms with Gasteiger partial charge >= 0.3 is 0 Å². The van der Waals surface area contributed by atoms with Crippen molar-refractivity contribution in [2.24, 2.45) is 0 Å². The molecule has 0 aliphatic heterocycles. The molecule has 0 aliphatic carbocycles. The van der Waals surface area contributed by atoms with Gasteiger partial charge in [-0.1, -0.05) is 12.1 Å². The highest BCUT2D eigenvalue weighted by molar-refractivity contribution is 5.92. The Balaban J connectivity index is 1.77. The van der Waals surface area contributed by atoms with Gasteiger partial charge in [0.1, 0.15) is 11.6 Å². The standard InChI is InChI=1S/C20H17FN2O4/c1-2-22(13-14-4-3-5-16(21)12-14)20(24)19-11-10-18(27-19)15-6-8-17(9-7-15)23(25)26/h3-12H,2,13H2,1H3. The van der Waals surface area contributed by atoms with Crippen molar-refractivity contribution in [1.29, 1.82) is 0 Å². The third-order valence-electron chi connectivity index (χ3n) is 4.11. The number of benzene rings is 2. The lowest BCUT2D eigenvalue weighted by Crippen LogP contribution is -2.30. The summed E-state index contributed by atoms with van der Waals surface area (Å²) in [6.45, 7) is 2.53. The second-order valence-electron chi connectivity index (χ2n) is 5.92. The lowest BCUT2D eigenvalue weighted by atomic mass is 10.1. The molecule has 0 saturated heterocycles. The molecule has 0 N–H and O–H groups in total. The van der Waals surface area contributed by atoms with Crippen molar-refractivity contribution in [2.75, 3.05) is 6.54 Å². The summed E-state index contributed by atoms with van der Waals surface area (Å²) in [6.07, 6.45) is 0. The number of rotatable bonds is 6. The van der Waals surface area contributed by atoms with Gasteiger partial charge in [0.15, 0.2) is 5.76 Å². The summed E-state index contributed by atoms with van der Waals surface area (Å²) in [5, 5.41) is 10.7. The van der Waals surface area contributed by atoms with Gasteiger partial charge in [-0.15, -0.1) is 0 Å². The molecule has 0 spiro atoms. The fraction of sp³-hybridized carbons (Fsp3) is 0.150. The van der Waals surface area contributed by atoms with Gasteiger partial charge in [0.2, 0.25) is 0 Å². The highest BCUT2D eigenvalue weighted by Gasteiger charge is 2.19. The minimum Gasteiger partial charge on any atom is -0.451 e. The average molecular weight is 368 g/mol. The topological polar surface area (TPSA) is 76.6 Å². The highest BCUT2D eigenvalue weighted by atomic mass is 19.1. The number of hydrogen-bond acceptors (Lipinski definition) is 4. The lowest BCUT2D eigenvalue weighted by Gasteiger charge is -2.19. The van der Waals surface area contributed by atoms with Crippen LogP contribution in [0.15, 0.2) is 65.1 Å². The van der Waals surface area contributed by atoms with Crippen molar-refractivity contribution in [1.82, 2.24) is 4.90 Å². The predicted molar refractivity (Wildman–Crippen MR) is 97.6 cm³/mol. The van der Waals surface area contributed by atoms with E-state index in [1.165, 1.54) is 24.3 Å². The van der Waals surface area contributed by atoms with E-state index in [2.05, 4.69) is 0 Å². The van der Waals surface area contributed by atoms with Crippen molar-refractivity contribution in [3.8, 4) is 11.3 Å². The Morgan fingerprint density at radius 3 is 2.52 bits per heavy atom. The zero-order chi connectivity index (χ0) is 19.4. The quantitative estimate of drug-likeness (QED) is 0.468. The predicted octanol–water partition coefficient (Wildman–Crippen LogP) is 4.66. The van der Waals surface area contributed by atoms with Gasteiger partial charge in [-0.25, -0.2) is 4.39 Å².